The molecular weight excluding hydrogens is 344 g/mol. The number of aliphatic hydroxyl groups excluding tert-OH is 1. The van der Waals surface area contributed by atoms with Crippen LogP contribution in [0.1, 0.15) is 33.2 Å². The second-order valence-corrected chi connectivity index (χ2v) is 6.80. The smallest absolute Gasteiger partial charge is 0.227 e. The third kappa shape index (κ3) is 3.80. The molecule has 0 bridgehead atoms. The van der Waals surface area contributed by atoms with Crippen molar-refractivity contribution in [3.8, 4) is 5.75 Å². The van der Waals surface area contributed by atoms with E-state index in [1.165, 1.54) is 0 Å². The maximum atomic E-state index is 9.55. The number of hydrogen-bond donors (Lipinski definition) is 3. The highest BCUT2D eigenvalue weighted by molar-refractivity contribution is 5.87. The van der Waals surface area contributed by atoms with Crippen LogP contribution in [0.5, 0.6) is 5.75 Å². The van der Waals surface area contributed by atoms with Gasteiger partial charge < -0.3 is 25.0 Å². The molecule has 0 radical (unpaired) electrons. The highest BCUT2D eigenvalue weighted by Crippen LogP contribution is 2.31. The number of phenolic OH excluding ortho intramolecular Hbond substituents is 1. The van der Waals surface area contributed by atoms with Crippen molar-refractivity contribution in [2.75, 3.05) is 23.9 Å². The van der Waals surface area contributed by atoms with Crippen LogP contribution in [-0.2, 0) is 0 Å². The molecule has 27 heavy (non-hydrogen) atoms. The summed E-state index contributed by atoms with van der Waals surface area (Å²) in [5, 5.41) is 22.3. The van der Waals surface area contributed by atoms with Crippen molar-refractivity contribution in [3.05, 3.63) is 30.6 Å². The Morgan fingerprint density at radius 2 is 1.89 bits per heavy atom. The molecule has 1 aromatic carbocycles. The largest absolute Gasteiger partial charge is 0.508 e. The van der Waals surface area contributed by atoms with Gasteiger partial charge in [-0.15, -0.1) is 0 Å². The van der Waals surface area contributed by atoms with E-state index in [-0.39, 0.29) is 24.4 Å². The second-order valence-electron chi connectivity index (χ2n) is 6.80. The number of nitrogens with zero attached hydrogens (tertiary/aromatic N) is 5. The van der Waals surface area contributed by atoms with Gasteiger partial charge in [0.1, 0.15) is 5.75 Å². The van der Waals surface area contributed by atoms with Gasteiger partial charge in [-0.2, -0.15) is 9.97 Å². The summed E-state index contributed by atoms with van der Waals surface area (Å²) in [6, 6.07) is 6.98. The van der Waals surface area contributed by atoms with E-state index < -0.39 is 0 Å². The standard InChI is InChI=1S/C19H26N6O2/c1-5-13(10-26)21-19-22-17(24(4)14-6-8-15(27)9-7-14)16-18(23-19)25(11-20-16)12(2)3/h6-9,11-13,26-27H,5,10H2,1-4H3,(H,21,22,23). The maximum absolute atomic E-state index is 9.55. The molecule has 0 saturated heterocycles. The maximum Gasteiger partial charge on any atom is 0.227 e. The predicted octanol–water partition coefficient (Wildman–Crippen LogP) is 3.06. The number of rotatable bonds is 7. The summed E-state index contributed by atoms with van der Waals surface area (Å²) in [5.74, 6) is 1.31. The Labute approximate surface area is 158 Å². The number of aromatic hydroxyl groups is 1. The number of fused-ring (bicyclic) bond motifs is 1. The molecule has 1 atom stereocenters. The molecule has 2 aromatic heterocycles. The van der Waals surface area contributed by atoms with E-state index in [9.17, 15) is 10.2 Å². The van der Waals surface area contributed by atoms with Crippen molar-refractivity contribution in [2.24, 2.45) is 0 Å². The molecule has 0 aliphatic carbocycles. The van der Waals surface area contributed by atoms with Gasteiger partial charge in [0.2, 0.25) is 5.95 Å². The van der Waals surface area contributed by atoms with E-state index in [4.69, 9.17) is 0 Å². The van der Waals surface area contributed by atoms with Crippen molar-refractivity contribution in [2.45, 2.75) is 39.3 Å². The minimum atomic E-state index is -0.121. The van der Waals surface area contributed by atoms with Crippen LogP contribution in [0, 0.1) is 0 Å². The number of benzene rings is 1. The molecule has 0 spiro atoms. The van der Waals surface area contributed by atoms with Crippen molar-refractivity contribution >= 4 is 28.6 Å². The lowest BCUT2D eigenvalue weighted by Crippen LogP contribution is -2.24. The van der Waals surface area contributed by atoms with Crippen LogP contribution in [0.3, 0.4) is 0 Å². The second kappa shape index (κ2) is 7.79. The highest BCUT2D eigenvalue weighted by Gasteiger charge is 2.19. The monoisotopic (exact) mass is 370 g/mol. The first-order valence-corrected chi connectivity index (χ1v) is 9.09. The van der Waals surface area contributed by atoms with Crippen LogP contribution in [-0.4, -0.2) is 49.4 Å². The fraction of sp³-hybridized carbons (Fsp3) is 0.421. The number of hydrogen-bond acceptors (Lipinski definition) is 7. The molecule has 3 aromatic rings. The molecule has 144 valence electrons. The van der Waals surface area contributed by atoms with E-state index in [1.54, 1.807) is 18.5 Å². The van der Waals surface area contributed by atoms with Crippen molar-refractivity contribution in [1.29, 1.82) is 0 Å². The summed E-state index contributed by atoms with van der Waals surface area (Å²) in [6.07, 6.45) is 2.52. The molecule has 1 unspecified atom stereocenters. The summed E-state index contributed by atoms with van der Waals surface area (Å²) in [6.45, 7) is 6.14. The third-order valence-corrected chi connectivity index (χ3v) is 4.56. The zero-order chi connectivity index (χ0) is 19.6. The van der Waals surface area contributed by atoms with E-state index in [0.29, 0.717) is 17.3 Å². The molecule has 0 aliphatic rings. The van der Waals surface area contributed by atoms with Crippen LogP contribution in [0.25, 0.3) is 11.2 Å². The molecule has 3 N–H and O–H groups in total. The Kier molecular flexibility index (Phi) is 5.46. The number of phenols is 1. The highest BCUT2D eigenvalue weighted by atomic mass is 16.3. The van der Waals surface area contributed by atoms with Crippen molar-refractivity contribution in [3.63, 3.8) is 0 Å². The number of imidazole rings is 1. The summed E-state index contributed by atoms with van der Waals surface area (Å²) >= 11 is 0. The molecule has 8 nitrogen and oxygen atoms in total. The topological polar surface area (TPSA) is 99.3 Å². The fourth-order valence-corrected chi connectivity index (χ4v) is 2.84. The van der Waals surface area contributed by atoms with E-state index in [0.717, 1.165) is 17.8 Å². The van der Waals surface area contributed by atoms with E-state index in [1.807, 2.05) is 35.6 Å². The van der Waals surface area contributed by atoms with Crippen LogP contribution < -0.4 is 10.2 Å². The summed E-state index contributed by atoms with van der Waals surface area (Å²) < 4.78 is 2.00. The van der Waals surface area contributed by atoms with Gasteiger partial charge in [0.15, 0.2) is 17.0 Å². The van der Waals surface area contributed by atoms with E-state index >= 15 is 0 Å². The Morgan fingerprint density at radius 3 is 2.48 bits per heavy atom. The van der Waals surface area contributed by atoms with Crippen LogP contribution >= 0.6 is 0 Å². The first kappa shape index (κ1) is 18.9. The molecule has 0 amide bonds. The van der Waals surface area contributed by atoms with Gasteiger partial charge in [-0.3, -0.25) is 0 Å². The lowest BCUT2D eigenvalue weighted by molar-refractivity contribution is 0.271. The number of anilines is 3. The van der Waals surface area contributed by atoms with Gasteiger partial charge in [-0.25, -0.2) is 4.98 Å². The first-order chi connectivity index (χ1) is 12.9. The zero-order valence-corrected chi connectivity index (χ0v) is 16.1. The van der Waals surface area contributed by atoms with Gasteiger partial charge in [-0.05, 0) is 44.5 Å². The quantitative estimate of drug-likeness (QED) is 0.588. The molecule has 8 heteroatoms. The van der Waals surface area contributed by atoms with E-state index in [2.05, 4.69) is 34.1 Å². The van der Waals surface area contributed by atoms with Gasteiger partial charge in [0.05, 0.1) is 19.0 Å². The fourth-order valence-electron chi connectivity index (χ4n) is 2.84. The molecule has 2 heterocycles. The van der Waals surface area contributed by atoms with Gasteiger partial charge >= 0.3 is 0 Å². The van der Waals surface area contributed by atoms with Gasteiger partial charge in [-0.1, -0.05) is 6.92 Å². The molecule has 0 aliphatic heterocycles. The normalized spacial score (nSPS) is 12.5. The molecular formula is C19H26N6O2. The average Bonchev–Trinajstić information content (AvgIpc) is 3.09. The molecule has 0 saturated carbocycles. The summed E-state index contributed by atoms with van der Waals surface area (Å²) in [5.41, 5.74) is 2.30. The Balaban J connectivity index is 2.12. The third-order valence-electron chi connectivity index (χ3n) is 4.56. The lowest BCUT2D eigenvalue weighted by atomic mass is 10.2. The molecule has 3 rings (SSSR count). The zero-order valence-electron chi connectivity index (χ0n) is 16.1. The lowest BCUT2D eigenvalue weighted by Gasteiger charge is -2.21. The van der Waals surface area contributed by atoms with Crippen LogP contribution in [0.2, 0.25) is 0 Å². The minimum Gasteiger partial charge on any atom is -0.508 e. The van der Waals surface area contributed by atoms with Crippen LogP contribution in [0.4, 0.5) is 17.5 Å². The SMILES string of the molecule is CCC(CO)Nc1nc(N(C)c2ccc(O)cc2)c2ncn(C(C)C)c2n1. The van der Waals surface area contributed by atoms with Gasteiger partial charge in [0.25, 0.3) is 0 Å². The van der Waals surface area contributed by atoms with Crippen molar-refractivity contribution < 1.29 is 10.2 Å². The Bertz CT molecular complexity index is 902. The van der Waals surface area contributed by atoms with Crippen molar-refractivity contribution in [1.82, 2.24) is 19.5 Å². The average molecular weight is 370 g/mol. The summed E-state index contributed by atoms with van der Waals surface area (Å²) in [4.78, 5) is 15.7. The number of nitrogens with one attached hydrogen (secondary N) is 1. The summed E-state index contributed by atoms with van der Waals surface area (Å²) in [7, 11) is 1.90. The Hall–Kier alpha value is -2.87. The van der Waals surface area contributed by atoms with Crippen LogP contribution in [0.15, 0.2) is 30.6 Å². The first-order valence-electron chi connectivity index (χ1n) is 9.09. The number of aromatic nitrogens is 4. The van der Waals surface area contributed by atoms with Gasteiger partial charge in [0, 0.05) is 18.8 Å². The predicted molar refractivity (Wildman–Crippen MR) is 107 cm³/mol. The number of aliphatic hydroxyl groups is 1. The Morgan fingerprint density at radius 1 is 1.19 bits per heavy atom. The minimum absolute atomic E-state index is 0.00444. The molecule has 0 fully saturated rings.